The third kappa shape index (κ3) is 2.17. The first-order chi connectivity index (χ1) is 7.70. The van der Waals surface area contributed by atoms with Crippen LogP contribution in [0.15, 0.2) is 40.9 Å². The smallest absolute Gasteiger partial charge is 0.437 e. The highest BCUT2D eigenvalue weighted by Gasteiger charge is 2.05. The van der Waals surface area contributed by atoms with Crippen molar-refractivity contribution in [3.05, 3.63) is 40.9 Å². The van der Waals surface area contributed by atoms with Crippen molar-refractivity contribution in [2.24, 2.45) is 0 Å². The summed E-state index contributed by atoms with van der Waals surface area (Å²) >= 11 is 3.45. The Labute approximate surface area is 101 Å². The molecule has 2 rings (SSSR count). The van der Waals surface area contributed by atoms with E-state index in [1.165, 1.54) is 7.11 Å². The van der Waals surface area contributed by atoms with E-state index < -0.39 is 6.16 Å². The van der Waals surface area contributed by atoms with Gasteiger partial charge in [-0.2, -0.15) is 0 Å². The van der Waals surface area contributed by atoms with E-state index in [-0.39, 0.29) is 0 Å². The van der Waals surface area contributed by atoms with Crippen LogP contribution < -0.4 is 4.74 Å². The van der Waals surface area contributed by atoms with Crippen LogP contribution in [0.5, 0.6) is 5.75 Å². The van der Waals surface area contributed by atoms with Crippen molar-refractivity contribution < 1.29 is 14.3 Å². The highest BCUT2D eigenvalue weighted by Crippen LogP contribution is 2.27. The van der Waals surface area contributed by atoms with Gasteiger partial charge in [-0.15, -0.1) is 0 Å². The molecule has 2 aromatic carbocycles. The van der Waals surface area contributed by atoms with E-state index in [9.17, 15) is 4.79 Å². The molecule has 0 fully saturated rings. The first-order valence-electron chi connectivity index (χ1n) is 4.65. The first-order valence-corrected chi connectivity index (χ1v) is 5.44. The molecule has 0 aliphatic rings. The third-order valence-electron chi connectivity index (χ3n) is 2.17. The zero-order valence-corrected chi connectivity index (χ0v) is 10.2. The maximum atomic E-state index is 10.9. The lowest BCUT2D eigenvalue weighted by Gasteiger charge is -2.05. The van der Waals surface area contributed by atoms with E-state index in [1.54, 1.807) is 12.1 Å². The number of halogens is 1. The lowest BCUT2D eigenvalue weighted by molar-refractivity contribution is 0.121. The van der Waals surface area contributed by atoms with Crippen LogP contribution in [-0.2, 0) is 4.74 Å². The van der Waals surface area contributed by atoms with E-state index in [0.29, 0.717) is 5.75 Å². The molecule has 0 heterocycles. The minimum atomic E-state index is -0.714. The second-order valence-electron chi connectivity index (χ2n) is 3.18. The Morgan fingerprint density at radius 3 is 2.81 bits per heavy atom. The molecule has 3 nitrogen and oxygen atoms in total. The van der Waals surface area contributed by atoms with E-state index >= 15 is 0 Å². The van der Waals surface area contributed by atoms with Crippen LogP contribution in [0.25, 0.3) is 10.8 Å². The number of benzene rings is 2. The molecule has 0 atom stereocenters. The van der Waals surface area contributed by atoms with Crippen molar-refractivity contribution in [2.45, 2.75) is 0 Å². The molecule has 0 N–H and O–H groups in total. The summed E-state index contributed by atoms with van der Waals surface area (Å²) in [6, 6.07) is 11.2. The van der Waals surface area contributed by atoms with E-state index in [1.807, 2.05) is 24.3 Å². The van der Waals surface area contributed by atoms with Crippen molar-refractivity contribution in [1.29, 1.82) is 0 Å². The molecular formula is C12H9BrO3. The van der Waals surface area contributed by atoms with Gasteiger partial charge in [-0.3, -0.25) is 0 Å². The van der Waals surface area contributed by atoms with Gasteiger partial charge in [0.15, 0.2) is 0 Å². The molecular weight excluding hydrogens is 272 g/mol. The Hall–Kier alpha value is -1.55. The maximum Gasteiger partial charge on any atom is 0.513 e. The monoisotopic (exact) mass is 280 g/mol. The molecule has 16 heavy (non-hydrogen) atoms. The lowest BCUT2D eigenvalue weighted by atomic mass is 10.1. The van der Waals surface area contributed by atoms with Crippen molar-refractivity contribution in [3.8, 4) is 5.75 Å². The summed E-state index contributed by atoms with van der Waals surface area (Å²) in [6.07, 6.45) is -0.714. The SMILES string of the molecule is COC(=O)Oc1ccc2c(Br)cccc2c1. The molecule has 0 unspecified atom stereocenters. The van der Waals surface area contributed by atoms with Gasteiger partial charge in [0, 0.05) is 4.47 Å². The molecule has 0 bridgehead atoms. The molecule has 0 saturated carbocycles. The van der Waals surface area contributed by atoms with Crippen molar-refractivity contribution in [1.82, 2.24) is 0 Å². The van der Waals surface area contributed by atoms with Crippen LogP contribution in [0.4, 0.5) is 4.79 Å². The lowest BCUT2D eigenvalue weighted by Crippen LogP contribution is -2.06. The number of hydrogen-bond acceptors (Lipinski definition) is 3. The molecule has 0 saturated heterocycles. The van der Waals surface area contributed by atoms with Gasteiger partial charge < -0.3 is 9.47 Å². The number of methoxy groups -OCH3 is 1. The number of hydrogen-bond donors (Lipinski definition) is 0. The topological polar surface area (TPSA) is 35.5 Å². The van der Waals surface area contributed by atoms with Gasteiger partial charge in [0.25, 0.3) is 0 Å². The number of ether oxygens (including phenoxy) is 2. The summed E-state index contributed by atoms with van der Waals surface area (Å²) in [5.74, 6) is 0.470. The minimum Gasteiger partial charge on any atom is -0.437 e. The van der Waals surface area contributed by atoms with Crippen molar-refractivity contribution in [3.63, 3.8) is 0 Å². The molecule has 0 aliphatic heterocycles. The summed E-state index contributed by atoms with van der Waals surface area (Å²) in [5, 5.41) is 2.07. The highest BCUT2D eigenvalue weighted by molar-refractivity contribution is 9.10. The molecule has 82 valence electrons. The molecule has 4 heteroatoms. The Bertz CT molecular complexity index is 537. The van der Waals surface area contributed by atoms with Gasteiger partial charge in [-0.25, -0.2) is 4.79 Å². The van der Waals surface area contributed by atoms with Crippen LogP contribution in [-0.4, -0.2) is 13.3 Å². The Kier molecular flexibility index (Phi) is 3.10. The molecule has 0 radical (unpaired) electrons. The fourth-order valence-corrected chi connectivity index (χ4v) is 1.94. The standard InChI is InChI=1S/C12H9BrO3/c1-15-12(14)16-9-5-6-10-8(7-9)3-2-4-11(10)13/h2-7H,1H3. The van der Waals surface area contributed by atoms with E-state index in [2.05, 4.69) is 20.7 Å². The van der Waals surface area contributed by atoms with Crippen molar-refractivity contribution in [2.75, 3.05) is 7.11 Å². The molecule has 0 amide bonds. The fourth-order valence-electron chi connectivity index (χ4n) is 1.42. The molecule has 2 aromatic rings. The number of carbonyl (C=O) groups is 1. The Morgan fingerprint density at radius 1 is 1.25 bits per heavy atom. The van der Waals surface area contributed by atoms with Gasteiger partial charge in [-0.05, 0) is 35.0 Å². The second kappa shape index (κ2) is 4.53. The summed E-state index contributed by atoms with van der Waals surface area (Å²) in [6.45, 7) is 0. The van der Waals surface area contributed by atoms with Crippen LogP contribution in [0.1, 0.15) is 0 Å². The van der Waals surface area contributed by atoms with Crippen LogP contribution >= 0.6 is 15.9 Å². The van der Waals surface area contributed by atoms with Gasteiger partial charge in [0.2, 0.25) is 0 Å². The minimum absolute atomic E-state index is 0.470. The van der Waals surface area contributed by atoms with Gasteiger partial charge in [0.1, 0.15) is 5.75 Å². The van der Waals surface area contributed by atoms with Crippen LogP contribution in [0, 0.1) is 0 Å². The van der Waals surface area contributed by atoms with Crippen molar-refractivity contribution >= 4 is 32.9 Å². The predicted octanol–water partition coefficient (Wildman–Crippen LogP) is 3.75. The van der Waals surface area contributed by atoms with E-state index in [4.69, 9.17) is 4.74 Å². The molecule has 0 spiro atoms. The van der Waals surface area contributed by atoms with Crippen LogP contribution in [0.3, 0.4) is 0 Å². The van der Waals surface area contributed by atoms with Crippen LogP contribution in [0.2, 0.25) is 0 Å². The number of fused-ring (bicyclic) bond motifs is 1. The van der Waals surface area contributed by atoms with Gasteiger partial charge >= 0.3 is 6.16 Å². The van der Waals surface area contributed by atoms with E-state index in [0.717, 1.165) is 15.2 Å². The fraction of sp³-hybridized carbons (Fsp3) is 0.0833. The predicted molar refractivity (Wildman–Crippen MR) is 64.7 cm³/mol. The number of rotatable bonds is 1. The third-order valence-corrected chi connectivity index (χ3v) is 2.86. The average Bonchev–Trinajstić information content (AvgIpc) is 2.29. The van der Waals surface area contributed by atoms with Gasteiger partial charge in [0.05, 0.1) is 7.11 Å². The highest BCUT2D eigenvalue weighted by atomic mass is 79.9. The second-order valence-corrected chi connectivity index (χ2v) is 4.03. The zero-order valence-electron chi connectivity index (χ0n) is 8.57. The Morgan fingerprint density at radius 2 is 2.06 bits per heavy atom. The molecule has 0 aliphatic carbocycles. The molecule has 0 aromatic heterocycles. The quantitative estimate of drug-likeness (QED) is 0.590. The summed E-state index contributed by atoms with van der Waals surface area (Å²) < 4.78 is 10.4. The first kappa shape index (κ1) is 11.0. The summed E-state index contributed by atoms with van der Waals surface area (Å²) in [5.41, 5.74) is 0. The maximum absolute atomic E-state index is 10.9. The normalized spacial score (nSPS) is 10.1. The van der Waals surface area contributed by atoms with Gasteiger partial charge in [-0.1, -0.05) is 28.1 Å². The summed E-state index contributed by atoms with van der Waals surface area (Å²) in [7, 11) is 1.28. The summed E-state index contributed by atoms with van der Waals surface area (Å²) in [4.78, 5) is 10.9. The largest absolute Gasteiger partial charge is 0.513 e. The number of carbonyl (C=O) groups excluding carboxylic acids is 1. The zero-order chi connectivity index (χ0) is 11.5. The Balaban J connectivity index is 2.41. The average molecular weight is 281 g/mol.